The van der Waals surface area contributed by atoms with Gasteiger partial charge in [0.25, 0.3) is 0 Å². The number of piperazine rings is 1. The summed E-state index contributed by atoms with van der Waals surface area (Å²) in [7, 11) is 3.53. The molecule has 0 aliphatic carbocycles. The van der Waals surface area contributed by atoms with Crippen LogP contribution in [0.2, 0.25) is 0 Å². The lowest BCUT2D eigenvalue weighted by Gasteiger charge is -2.37. The third kappa shape index (κ3) is 4.56. The van der Waals surface area contributed by atoms with Crippen LogP contribution >= 0.6 is 0 Å². The Bertz CT molecular complexity index is 976. The van der Waals surface area contributed by atoms with E-state index in [-0.39, 0.29) is 0 Å². The van der Waals surface area contributed by atoms with Crippen molar-refractivity contribution in [3.05, 3.63) is 66.6 Å². The average molecular weight is 405 g/mol. The molecule has 7 heteroatoms. The number of guanidine groups is 1. The largest absolute Gasteiger partial charge is 0.497 e. The second-order valence-electron chi connectivity index (χ2n) is 7.19. The molecule has 0 unspecified atom stereocenters. The quantitative estimate of drug-likeness (QED) is 0.505. The summed E-state index contributed by atoms with van der Waals surface area (Å²) in [6, 6.07) is 18.5. The zero-order chi connectivity index (χ0) is 20.8. The van der Waals surface area contributed by atoms with Crippen molar-refractivity contribution in [3.8, 4) is 17.0 Å². The van der Waals surface area contributed by atoms with Crippen molar-refractivity contribution in [3.63, 3.8) is 0 Å². The molecular formula is C23H28N6O. The van der Waals surface area contributed by atoms with E-state index in [1.165, 1.54) is 5.69 Å². The summed E-state index contributed by atoms with van der Waals surface area (Å²) < 4.78 is 5.35. The van der Waals surface area contributed by atoms with Crippen LogP contribution in [0.1, 0.15) is 5.82 Å². The van der Waals surface area contributed by atoms with Gasteiger partial charge in [0.2, 0.25) is 0 Å². The number of nitrogens with zero attached hydrogens (tertiary/aromatic N) is 4. The Morgan fingerprint density at radius 3 is 2.63 bits per heavy atom. The van der Waals surface area contributed by atoms with Crippen LogP contribution in [0.15, 0.2) is 65.8 Å². The number of anilines is 1. The molecule has 4 rings (SSSR count). The molecule has 2 aromatic carbocycles. The number of rotatable bonds is 5. The fourth-order valence-electron chi connectivity index (χ4n) is 3.70. The first-order valence-electron chi connectivity index (χ1n) is 10.2. The van der Waals surface area contributed by atoms with E-state index in [2.05, 4.69) is 54.3 Å². The minimum atomic E-state index is 0.607. The smallest absolute Gasteiger partial charge is 0.194 e. The number of hydrogen-bond donors (Lipinski definition) is 2. The molecule has 0 saturated carbocycles. The zero-order valence-corrected chi connectivity index (χ0v) is 17.5. The number of ether oxygens (including phenoxy) is 1. The molecule has 0 radical (unpaired) electrons. The fourth-order valence-corrected chi connectivity index (χ4v) is 3.70. The summed E-state index contributed by atoms with van der Waals surface area (Å²) in [6.45, 7) is 4.30. The number of aliphatic imine (C=N–C) groups is 1. The van der Waals surface area contributed by atoms with Gasteiger partial charge in [-0.25, -0.2) is 4.98 Å². The van der Waals surface area contributed by atoms with Crippen LogP contribution in [0, 0.1) is 0 Å². The van der Waals surface area contributed by atoms with Gasteiger partial charge in [-0.15, -0.1) is 0 Å². The van der Waals surface area contributed by atoms with Gasteiger partial charge in [-0.1, -0.05) is 36.4 Å². The van der Waals surface area contributed by atoms with Gasteiger partial charge in [-0.2, -0.15) is 0 Å². The first-order valence-corrected chi connectivity index (χ1v) is 10.2. The molecule has 3 aromatic rings. The Balaban J connectivity index is 1.32. The van der Waals surface area contributed by atoms with Crippen LogP contribution in [-0.4, -0.2) is 61.2 Å². The molecule has 1 saturated heterocycles. The van der Waals surface area contributed by atoms with Crippen LogP contribution in [-0.2, 0) is 6.54 Å². The Morgan fingerprint density at radius 2 is 1.90 bits per heavy atom. The van der Waals surface area contributed by atoms with Crippen molar-refractivity contribution in [1.82, 2.24) is 20.2 Å². The van der Waals surface area contributed by atoms with Crippen LogP contribution in [0.25, 0.3) is 11.3 Å². The SMILES string of the molecule is CN=C(NCc1ncc(-c2ccccc2)[nH]1)N1CCN(c2cccc(OC)c2)CC1. The van der Waals surface area contributed by atoms with E-state index < -0.39 is 0 Å². The van der Waals surface area contributed by atoms with E-state index >= 15 is 0 Å². The first kappa shape index (κ1) is 19.8. The molecule has 30 heavy (non-hydrogen) atoms. The molecule has 7 nitrogen and oxygen atoms in total. The number of hydrogen-bond acceptors (Lipinski definition) is 4. The van der Waals surface area contributed by atoms with E-state index in [9.17, 15) is 0 Å². The molecular weight excluding hydrogens is 376 g/mol. The highest BCUT2D eigenvalue weighted by Crippen LogP contribution is 2.22. The first-order chi connectivity index (χ1) is 14.8. The van der Waals surface area contributed by atoms with Crippen molar-refractivity contribution in [2.45, 2.75) is 6.54 Å². The molecule has 2 N–H and O–H groups in total. The van der Waals surface area contributed by atoms with E-state index in [0.717, 1.165) is 55.0 Å². The van der Waals surface area contributed by atoms with E-state index in [1.54, 1.807) is 7.11 Å². The monoisotopic (exact) mass is 404 g/mol. The summed E-state index contributed by atoms with van der Waals surface area (Å²) >= 11 is 0. The normalized spacial score (nSPS) is 14.7. The maximum atomic E-state index is 5.35. The number of H-pyrrole nitrogens is 1. The molecule has 0 spiro atoms. The van der Waals surface area contributed by atoms with Crippen molar-refractivity contribution in [1.29, 1.82) is 0 Å². The highest BCUT2D eigenvalue weighted by Gasteiger charge is 2.20. The topological polar surface area (TPSA) is 68.8 Å². The molecule has 2 heterocycles. The molecule has 1 aliphatic rings. The lowest BCUT2D eigenvalue weighted by atomic mass is 10.2. The van der Waals surface area contributed by atoms with Crippen LogP contribution in [0.5, 0.6) is 5.75 Å². The van der Waals surface area contributed by atoms with E-state index in [1.807, 2.05) is 43.6 Å². The summed E-state index contributed by atoms with van der Waals surface area (Å²) in [4.78, 5) is 17.0. The van der Waals surface area contributed by atoms with Gasteiger partial charge >= 0.3 is 0 Å². The summed E-state index contributed by atoms with van der Waals surface area (Å²) in [5.74, 6) is 2.68. The third-order valence-electron chi connectivity index (χ3n) is 5.34. The molecule has 0 bridgehead atoms. The van der Waals surface area contributed by atoms with Crippen molar-refractivity contribution in [2.24, 2.45) is 4.99 Å². The molecule has 156 valence electrons. The predicted octanol–water partition coefficient (Wildman–Crippen LogP) is 2.98. The fraction of sp³-hybridized carbons (Fsp3) is 0.304. The Morgan fingerprint density at radius 1 is 1.10 bits per heavy atom. The highest BCUT2D eigenvalue weighted by atomic mass is 16.5. The van der Waals surface area contributed by atoms with Crippen LogP contribution < -0.4 is 15.0 Å². The second-order valence-corrected chi connectivity index (χ2v) is 7.19. The van der Waals surface area contributed by atoms with Gasteiger partial charge in [-0.05, 0) is 17.7 Å². The lowest BCUT2D eigenvalue weighted by molar-refractivity contribution is 0.371. The lowest BCUT2D eigenvalue weighted by Crippen LogP contribution is -2.52. The minimum Gasteiger partial charge on any atom is -0.497 e. The zero-order valence-electron chi connectivity index (χ0n) is 17.5. The third-order valence-corrected chi connectivity index (χ3v) is 5.34. The predicted molar refractivity (Wildman–Crippen MR) is 121 cm³/mol. The maximum absolute atomic E-state index is 5.35. The highest BCUT2D eigenvalue weighted by molar-refractivity contribution is 5.80. The number of aromatic nitrogens is 2. The van der Waals surface area contributed by atoms with Gasteiger partial charge in [-0.3, -0.25) is 4.99 Å². The van der Waals surface area contributed by atoms with Crippen molar-refractivity contribution >= 4 is 11.6 Å². The molecule has 1 fully saturated rings. The number of nitrogens with one attached hydrogen (secondary N) is 2. The molecule has 1 aliphatic heterocycles. The number of methoxy groups -OCH3 is 1. The second kappa shape index (κ2) is 9.35. The Labute approximate surface area is 177 Å². The van der Waals surface area contributed by atoms with Crippen molar-refractivity contribution in [2.75, 3.05) is 45.2 Å². The number of benzene rings is 2. The van der Waals surface area contributed by atoms with Gasteiger partial charge in [0.05, 0.1) is 25.5 Å². The maximum Gasteiger partial charge on any atom is 0.194 e. The summed E-state index contributed by atoms with van der Waals surface area (Å²) in [5.41, 5.74) is 3.35. The molecule has 0 atom stereocenters. The van der Waals surface area contributed by atoms with E-state index in [4.69, 9.17) is 4.74 Å². The molecule has 0 amide bonds. The number of imidazole rings is 1. The van der Waals surface area contributed by atoms with E-state index in [0.29, 0.717) is 6.54 Å². The summed E-state index contributed by atoms with van der Waals surface area (Å²) in [6.07, 6.45) is 1.88. The van der Waals surface area contributed by atoms with Gasteiger partial charge in [0.1, 0.15) is 11.6 Å². The number of aromatic amines is 1. The average Bonchev–Trinajstić information content (AvgIpc) is 3.30. The van der Waals surface area contributed by atoms with Crippen molar-refractivity contribution < 1.29 is 4.74 Å². The van der Waals surface area contributed by atoms with Crippen LogP contribution in [0.3, 0.4) is 0 Å². The van der Waals surface area contributed by atoms with Gasteiger partial charge in [0, 0.05) is 45.0 Å². The standard InChI is InChI=1S/C23H28N6O/c1-24-23(26-17-22-25-16-21(27-22)18-7-4-3-5-8-18)29-13-11-28(12-14-29)19-9-6-10-20(15-19)30-2/h3-10,15-16H,11-14,17H2,1-2H3,(H,24,26)(H,25,27). The Kier molecular flexibility index (Phi) is 6.17. The molecule has 1 aromatic heterocycles. The summed E-state index contributed by atoms with van der Waals surface area (Å²) in [5, 5.41) is 3.44. The Hall–Kier alpha value is -3.48. The minimum absolute atomic E-state index is 0.607. The van der Waals surface area contributed by atoms with Gasteiger partial charge in [0.15, 0.2) is 5.96 Å². The van der Waals surface area contributed by atoms with Gasteiger partial charge < -0.3 is 24.8 Å². The van der Waals surface area contributed by atoms with Crippen LogP contribution in [0.4, 0.5) is 5.69 Å².